The lowest BCUT2D eigenvalue weighted by Crippen LogP contribution is -1.88. The van der Waals surface area contributed by atoms with Crippen LogP contribution >= 0.6 is 0 Å². The van der Waals surface area contributed by atoms with Crippen LogP contribution in [0.15, 0.2) is 23.3 Å². The second-order valence-electron chi connectivity index (χ2n) is 3.89. The van der Waals surface area contributed by atoms with E-state index < -0.39 is 0 Å². The van der Waals surface area contributed by atoms with Crippen LogP contribution in [0.25, 0.3) is 0 Å². The maximum atomic E-state index is 2.30. The van der Waals surface area contributed by atoms with Crippen molar-refractivity contribution in [2.24, 2.45) is 0 Å². The maximum absolute atomic E-state index is 2.30. The lowest BCUT2D eigenvalue weighted by Gasteiger charge is -2.08. The first-order valence-electron chi connectivity index (χ1n) is 5.69. The Hall–Kier alpha value is -0.520. The second kappa shape index (κ2) is 6.01. The average Bonchev–Trinajstić information content (AvgIpc) is 2.39. The highest BCUT2D eigenvalue weighted by molar-refractivity contribution is 5.18. The highest BCUT2D eigenvalue weighted by Gasteiger charge is 2.08. The molecule has 0 unspecified atom stereocenters. The molecule has 0 nitrogen and oxygen atoms in total. The van der Waals surface area contributed by atoms with Gasteiger partial charge in [-0.15, -0.1) is 0 Å². The topological polar surface area (TPSA) is 0 Å². The summed E-state index contributed by atoms with van der Waals surface area (Å²) in [4.78, 5) is 0. The van der Waals surface area contributed by atoms with Crippen LogP contribution in [0.3, 0.4) is 0 Å². The van der Waals surface area contributed by atoms with Crippen LogP contribution in [-0.2, 0) is 0 Å². The van der Waals surface area contributed by atoms with Gasteiger partial charge in [0.1, 0.15) is 0 Å². The molecule has 0 aliphatic heterocycles. The predicted molar refractivity (Wildman–Crippen MR) is 59.8 cm³/mol. The van der Waals surface area contributed by atoms with Crippen LogP contribution in [0.1, 0.15) is 58.8 Å². The second-order valence-corrected chi connectivity index (χ2v) is 3.89. The molecule has 13 heavy (non-hydrogen) atoms. The molecule has 1 aliphatic carbocycles. The molecule has 0 atom stereocenters. The first-order valence-corrected chi connectivity index (χ1v) is 5.69. The fraction of sp³-hybridized carbons (Fsp3) is 0.692. The van der Waals surface area contributed by atoms with Crippen molar-refractivity contribution >= 4 is 0 Å². The van der Waals surface area contributed by atoms with Gasteiger partial charge in [-0.2, -0.15) is 0 Å². The van der Waals surface area contributed by atoms with E-state index in [1.54, 1.807) is 11.1 Å². The molecule has 0 heterocycles. The molecule has 0 amide bonds. The third-order valence-electron chi connectivity index (χ3n) is 2.98. The fourth-order valence-electron chi connectivity index (χ4n) is 2.14. The molecule has 1 rings (SSSR count). The summed E-state index contributed by atoms with van der Waals surface area (Å²) in [7, 11) is 0. The normalized spacial score (nSPS) is 19.5. The molecule has 0 aromatic rings. The summed E-state index contributed by atoms with van der Waals surface area (Å²) in [5.41, 5.74) is 3.48. The van der Waals surface area contributed by atoms with Crippen LogP contribution in [0.4, 0.5) is 0 Å². The molecule has 74 valence electrons. The Morgan fingerprint density at radius 1 is 1.08 bits per heavy atom. The zero-order valence-electron chi connectivity index (χ0n) is 9.10. The van der Waals surface area contributed by atoms with E-state index in [1.165, 1.54) is 44.9 Å². The van der Waals surface area contributed by atoms with Gasteiger partial charge in [0.05, 0.1) is 0 Å². The summed E-state index contributed by atoms with van der Waals surface area (Å²) < 4.78 is 0. The van der Waals surface area contributed by atoms with Gasteiger partial charge >= 0.3 is 0 Å². The summed E-state index contributed by atoms with van der Waals surface area (Å²) >= 11 is 0. The molecule has 0 radical (unpaired) electrons. The van der Waals surface area contributed by atoms with Gasteiger partial charge in [0.25, 0.3) is 0 Å². The molecule has 0 aromatic carbocycles. The zero-order valence-corrected chi connectivity index (χ0v) is 9.10. The number of rotatable bonds is 3. The predicted octanol–water partition coefficient (Wildman–Crippen LogP) is 4.62. The molecular weight excluding hydrogens is 156 g/mol. The third kappa shape index (κ3) is 3.38. The van der Waals surface area contributed by atoms with E-state index >= 15 is 0 Å². The van der Waals surface area contributed by atoms with Crippen molar-refractivity contribution < 1.29 is 0 Å². The molecule has 0 aromatic heterocycles. The Morgan fingerprint density at radius 2 is 1.77 bits per heavy atom. The van der Waals surface area contributed by atoms with E-state index in [-0.39, 0.29) is 0 Å². The van der Waals surface area contributed by atoms with Crippen LogP contribution in [-0.4, -0.2) is 0 Å². The number of hydrogen-bond donors (Lipinski definition) is 0. The molecule has 0 saturated heterocycles. The van der Waals surface area contributed by atoms with E-state index in [4.69, 9.17) is 0 Å². The SMILES string of the molecule is C/C=C\CC1=C(CC)CCCCC1. The summed E-state index contributed by atoms with van der Waals surface area (Å²) in [5, 5.41) is 0. The number of hydrogen-bond acceptors (Lipinski definition) is 0. The minimum Gasteiger partial charge on any atom is -0.0913 e. The summed E-state index contributed by atoms with van der Waals surface area (Å²) in [6, 6.07) is 0. The minimum absolute atomic E-state index is 1.21. The van der Waals surface area contributed by atoms with Crippen LogP contribution in [0.2, 0.25) is 0 Å². The molecule has 0 fully saturated rings. The van der Waals surface area contributed by atoms with E-state index in [9.17, 15) is 0 Å². The standard InChI is InChI=1S/C13H22/c1-3-5-9-13-11-8-6-7-10-12(13)4-2/h3,5H,4,6-11H2,1-2H3/b5-3-. The van der Waals surface area contributed by atoms with Crippen molar-refractivity contribution in [2.75, 3.05) is 0 Å². The molecule has 1 aliphatic rings. The first kappa shape index (κ1) is 10.6. The van der Waals surface area contributed by atoms with Gasteiger partial charge in [0.2, 0.25) is 0 Å². The smallest absolute Gasteiger partial charge is 0.0136 e. The Balaban J connectivity index is 2.64. The molecular formula is C13H22. The first-order chi connectivity index (χ1) is 6.38. The Bertz CT molecular complexity index is 196. The highest BCUT2D eigenvalue weighted by atomic mass is 14.1. The van der Waals surface area contributed by atoms with Crippen LogP contribution in [0, 0.1) is 0 Å². The fourth-order valence-corrected chi connectivity index (χ4v) is 2.14. The summed E-state index contributed by atoms with van der Waals surface area (Å²) in [5.74, 6) is 0. The van der Waals surface area contributed by atoms with Crippen molar-refractivity contribution in [3.63, 3.8) is 0 Å². The maximum Gasteiger partial charge on any atom is -0.0136 e. The lowest BCUT2D eigenvalue weighted by molar-refractivity contribution is 0.701. The van der Waals surface area contributed by atoms with Crippen molar-refractivity contribution in [3.05, 3.63) is 23.3 Å². The van der Waals surface area contributed by atoms with E-state index in [0.29, 0.717) is 0 Å². The van der Waals surface area contributed by atoms with E-state index in [0.717, 1.165) is 0 Å². The van der Waals surface area contributed by atoms with Crippen molar-refractivity contribution in [1.29, 1.82) is 0 Å². The van der Waals surface area contributed by atoms with Gasteiger partial charge in [0.15, 0.2) is 0 Å². The quantitative estimate of drug-likeness (QED) is 0.553. The van der Waals surface area contributed by atoms with Crippen molar-refractivity contribution in [1.82, 2.24) is 0 Å². The van der Waals surface area contributed by atoms with Gasteiger partial charge in [0, 0.05) is 0 Å². The van der Waals surface area contributed by atoms with Gasteiger partial charge in [-0.3, -0.25) is 0 Å². The van der Waals surface area contributed by atoms with Crippen LogP contribution in [0.5, 0.6) is 0 Å². The molecule has 0 bridgehead atoms. The van der Waals surface area contributed by atoms with Crippen molar-refractivity contribution in [3.8, 4) is 0 Å². The Kier molecular flexibility index (Phi) is 4.88. The van der Waals surface area contributed by atoms with Gasteiger partial charge in [-0.1, -0.05) is 36.6 Å². The average molecular weight is 178 g/mol. The molecule has 0 saturated carbocycles. The minimum atomic E-state index is 1.21. The number of allylic oxidation sites excluding steroid dienone is 4. The summed E-state index contributed by atoms with van der Waals surface area (Å²) in [6.45, 7) is 4.42. The molecule has 0 heteroatoms. The van der Waals surface area contributed by atoms with Gasteiger partial charge in [-0.25, -0.2) is 0 Å². The van der Waals surface area contributed by atoms with E-state index in [2.05, 4.69) is 26.0 Å². The van der Waals surface area contributed by atoms with Gasteiger partial charge in [-0.05, 0) is 45.4 Å². The lowest BCUT2D eigenvalue weighted by atomic mass is 9.98. The highest BCUT2D eigenvalue weighted by Crippen LogP contribution is 2.27. The van der Waals surface area contributed by atoms with Gasteiger partial charge < -0.3 is 0 Å². The molecule has 0 N–H and O–H groups in total. The zero-order chi connectivity index (χ0) is 9.52. The van der Waals surface area contributed by atoms with Crippen LogP contribution < -0.4 is 0 Å². The Labute approximate surface area is 82.7 Å². The monoisotopic (exact) mass is 178 g/mol. The molecule has 0 spiro atoms. The van der Waals surface area contributed by atoms with E-state index in [1.807, 2.05) is 0 Å². The summed E-state index contributed by atoms with van der Waals surface area (Å²) in [6.07, 6.45) is 13.9. The van der Waals surface area contributed by atoms with Crippen molar-refractivity contribution in [2.45, 2.75) is 58.8 Å². The third-order valence-corrected chi connectivity index (χ3v) is 2.98. The largest absolute Gasteiger partial charge is 0.0913 e. The Morgan fingerprint density at radius 3 is 2.38 bits per heavy atom.